The summed E-state index contributed by atoms with van der Waals surface area (Å²) in [6.07, 6.45) is 0.667. The molecule has 0 aromatic heterocycles. The van der Waals surface area contributed by atoms with Crippen LogP contribution in [-0.4, -0.2) is 17.7 Å². The molecule has 88 valence electrons. The van der Waals surface area contributed by atoms with Gasteiger partial charge in [0.2, 0.25) is 0 Å². The molecule has 0 unspecified atom stereocenters. The second-order valence-corrected chi connectivity index (χ2v) is 3.72. The van der Waals surface area contributed by atoms with Crippen molar-refractivity contribution in [2.24, 2.45) is 4.99 Å². The summed E-state index contributed by atoms with van der Waals surface area (Å²) in [5.41, 5.74) is 2.25. The van der Waals surface area contributed by atoms with Crippen LogP contribution in [0.1, 0.15) is 12.5 Å². The lowest BCUT2D eigenvalue weighted by atomic mass is 10.1. The smallest absolute Gasteiger partial charge is 0.333 e. The molecule has 0 atom stereocenters. The molecule has 0 N–H and O–H groups in total. The highest BCUT2D eigenvalue weighted by molar-refractivity contribution is 7.78. The quantitative estimate of drug-likeness (QED) is 0.347. The third-order valence-corrected chi connectivity index (χ3v) is 2.17. The van der Waals surface area contributed by atoms with E-state index in [0.717, 1.165) is 11.3 Å². The van der Waals surface area contributed by atoms with Crippen molar-refractivity contribution in [3.63, 3.8) is 0 Å². The predicted molar refractivity (Wildman–Crippen MR) is 70.6 cm³/mol. The van der Waals surface area contributed by atoms with Gasteiger partial charge in [-0.15, -0.1) is 0 Å². The number of hydrogen-bond acceptors (Lipinski definition) is 4. The molecule has 0 spiro atoms. The lowest BCUT2D eigenvalue weighted by molar-refractivity contribution is -0.138. The van der Waals surface area contributed by atoms with E-state index in [9.17, 15) is 4.79 Å². The highest BCUT2D eigenvalue weighted by Crippen LogP contribution is 2.12. The van der Waals surface area contributed by atoms with Crippen LogP contribution in [0.25, 0.3) is 0 Å². The minimum absolute atomic E-state index is 0.349. The van der Waals surface area contributed by atoms with E-state index in [2.05, 4.69) is 29.0 Å². The molecule has 0 saturated carbocycles. The largest absolute Gasteiger partial charge is 0.462 e. The fourth-order valence-electron chi connectivity index (χ4n) is 1.17. The van der Waals surface area contributed by atoms with E-state index in [1.54, 1.807) is 6.92 Å². The van der Waals surface area contributed by atoms with Crippen molar-refractivity contribution >= 4 is 29.0 Å². The SMILES string of the molecule is C=C(C)C(=O)OCCc1ccc(N=C=S)cc1. The Hall–Kier alpha value is -1.77. The number of hydrogen-bond donors (Lipinski definition) is 0. The molecule has 0 bridgehead atoms. The number of rotatable bonds is 5. The first-order valence-electron chi connectivity index (χ1n) is 5.13. The van der Waals surface area contributed by atoms with Crippen LogP contribution in [-0.2, 0) is 16.0 Å². The van der Waals surface area contributed by atoms with Crippen LogP contribution in [0.5, 0.6) is 0 Å². The highest BCUT2D eigenvalue weighted by Gasteiger charge is 2.02. The zero-order chi connectivity index (χ0) is 12.7. The van der Waals surface area contributed by atoms with Gasteiger partial charge < -0.3 is 4.74 Å². The van der Waals surface area contributed by atoms with Crippen LogP contribution < -0.4 is 0 Å². The summed E-state index contributed by atoms with van der Waals surface area (Å²) in [7, 11) is 0. The molecular formula is C13H13NO2S. The maximum atomic E-state index is 11.1. The first-order valence-corrected chi connectivity index (χ1v) is 5.53. The Morgan fingerprint density at radius 2 is 2.12 bits per heavy atom. The molecule has 3 nitrogen and oxygen atoms in total. The summed E-state index contributed by atoms with van der Waals surface area (Å²) in [5.74, 6) is -0.355. The Labute approximate surface area is 106 Å². The van der Waals surface area contributed by atoms with E-state index in [4.69, 9.17) is 4.74 Å². The topological polar surface area (TPSA) is 38.7 Å². The maximum Gasteiger partial charge on any atom is 0.333 e. The summed E-state index contributed by atoms with van der Waals surface area (Å²) in [4.78, 5) is 15.0. The van der Waals surface area contributed by atoms with Crippen molar-refractivity contribution in [2.75, 3.05) is 6.61 Å². The third kappa shape index (κ3) is 4.72. The highest BCUT2D eigenvalue weighted by atomic mass is 32.1. The zero-order valence-electron chi connectivity index (χ0n) is 9.60. The van der Waals surface area contributed by atoms with E-state index in [-0.39, 0.29) is 5.97 Å². The van der Waals surface area contributed by atoms with E-state index < -0.39 is 0 Å². The first kappa shape index (κ1) is 13.3. The van der Waals surface area contributed by atoms with E-state index in [1.807, 2.05) is 24.3 Å². The molecule has 0 aliphatic rings. The number of thiocarbonyl (C=S) groups is 1. The van der Waals surface area contributed by atoms with Gasteiger partial charge in [-0.2, -0.15) is 4.99 Å². The number of ether oxygens (including phenoxy) is 1. The van der Waals surface area contributed by atoms with Crippen LogP contribution in [0.2, 0.25) is 0 Å². The van der Waals surface area contributed by atoms with Gasteiger partial charge in [-0.1, -0.05) is 18.7 Å². The van der Waals surface area contributed by atoms with Gasteiger partial charge in [0.25, 0.3) is 0 Å². The van der Waals surface area contributed by atoms with Crippen molar-refractivity contribution in [2.45, 2.75) is 13.3 Å². The molecule has 0 radical (unpaired) electrons. The van der Waals surface area contributed by atoms with Crippen LogP contribution in [0.15, 0.2) is 41.4 Å². The minimum Gasteiger partial charge on any atom is -0.462 e. The molecule has 1 aromatic carbocycles. The maximum absolute atomic E-state index is 11.1. The van der Waals surface area contributed by atoms with Gasteiger partial charge in [0, 0.05) is 12.0 Å². The molecule has 0 amide bonds. The lowest BCUT2D eigenvalue weighted by Gasteiger charge is -2.04. The van der Waals surface area contributed by atoms with Gasteiger partial charge in [-0.05, 0) is 36.8 Å². The predicted octanol–water partition coefficient (Wildman–Crippen LogP) is 3.08. The summed E-state index contributed by atoms with van der Waals surface area (Å²) in [5, 5.41) is 2.30. The normalized spacial score (nSPS) is 9.24. The monoisotopic (exact) mass is 247 g/mol. The number of isothiocyanates is 1. The van der Waals surface area contributed by atoms with Crippen LogP contribution in [0.3, 0.4) is 0 Å². The van der Waals surface area contributed by atoms with Crippen molar-refractivity contribution in [3.05, 3.63) is 42.0 Å². The number of nitrogens with zero attached hydrogens (tertiary/aromatic N) is 1. The molecule has 0 saturated heterocycles. The van der Waals surface area contributed by atoms with Crippen LogP contribution >= 0.6 is 12.2 Å². The van der Waals surface area contributed by atoms with Gasteiger partial charge in [-0.3, -0.25) is 0 Å². The first-order chi connectivity index (χ1) is 8.13. The summed E-state index contributed by atoms with van der Waals surface area (Å²) in [6, 6.07) is 7.52. The second kappa shape index (κ2) is 6.74. The molecule has 0 aliphatic heterocycles. The van der Waals surface area contributed by atoms with Gasteiger partial charge in [-0.25, -0.2) is 4.79 Å². The van der Waals surface area contributed by atoms with Crippen molar-refractivity contribution < 1.29 is 9.53 Å². The number of aliphatic imine (C=N–C) groups is 1. The zero-order valence-corrected chi connectivity index (χ0v) is 10.4. The standard InChI is InChI=1S/C13H13NO2S/c1-10(2)13(15)16-8-7-11-3-5-12(6-4-11)14-9-17/h3-6H,1,7-8H2,2H3. The average Bonchev–Trinajstić information content (AvgIpc) is 2.31. The molecule has 0 fully saturated rings. The third-order valence-electron chi connectivity index (χ3n) is 2.08. The lowest BCUT2D eigenvalue weighted by Crippen LogP contribution is -2.07. The molecule has 1 rings (SSSR count). The number of carbonyl (C=O) groups is 1. The van der Waals surface area contributed by atoms with Crippen molar-refractivity contribution in [3.8, 4) is 0 Å². The number of esters is 1. The molecule has 17 heavy (non-hydrogen) atoms. The summed E-state index contributed by atoms with van der Waals surface area (Å²) in [6.45, 7) is 5.48. The van der Waals surface area contributed by atoms with Gasteiger partial charge in [0.15, 0.2) is 0 Å². The fourth-order valence-corrected chi connectivity index (χ4v) is 1.28. The van der Waals surface area contributed by atoms with E-state index >= 15 is 0 Å². The Balaban J connectivity index is 2.45. The fraction of sp³-hybridized carbons (Fsp3) is 0.231. The Bertz CT molecular complexity index is 459. The molecular weight excluding hydrogens is 234 g/mol. The Morgan fingerprint density at radius 1 is 1.47 bits per heavy atom. The average molecular weight is 247 g/mol. The molecule has 0 aliphatic carbocycles. The molecule has 0 heterocycles. The minimum atomic E-state index is -0.355. The van der Waals surface area contributed by atoms with Gasteiger partial charge in [0.1, 0.15) is 0 Å². The van der Waals surface area contributed by atoms with E-state index in [1.165, 1.54) is 0 Å². The van der Waals surface area contributed by atoms with Crippen molar-refractivity contribution in [1.29, 1.82) is 0 Å². The molecule has 4 heteroatoms. The summed E-state index contributed by atoms with van der Waals surface area (Å²) < 4.78 is 4.99. The Morgan fingerprint density at radius 3 is 2.65 bits per heavy atom. The van der Waals surface area contributed by atoms with Gasteiger partial charge in [0.05, 0.1) is 17.5 Å². The number of carbonyl (C=O) groups excluding carboxylic acids is 1. The summed E-state index contributed by atoms with van der Waals surface area (Å²) >= 11 is 4.51. The Kier molecular flexibility index (Phi) is 5.27. The van der Waals surface area contributed by atoms with Gasteiger partial charge >= 0.3 is 5.97 Å². The van der Waals surface area contributed by atoms with Crippen LogP contribution in [0.4, 0.5) is 5.69 Å². The second-order valence-electron chi connectivity index (χ2n) is 3.54. The number of benzene rings is 1. The van der Waals surface area contributed by atoms with Crippen molar-refractivity contribution in [1.82, 2.24) is 0 Å². The van der Waals surface area contributed by atoms with E-state index in [0.29, 0.717) is 18.6 Å². The van der Waals surface area contributed by atoms with Crippen LogP contribution in [0, 0.1) is 0 Å². The molecule has 1 aromatic rings.